The summed E-state index contributed by atoms with van der Waals surface area (Å²) in [5, 5.41) is 9.90. The molecular formula is C15H13Cl2N3O4. The Morgan fingerprint density at radius 1 is 1.29 bits per heavy atom. The topological polar surface area (TPSA) is 94.3 Å². The number of hydrogen-bond donors (Lipinski definition) is 1. The summed E-state index contributed by atoms with van der Waals surface area (Å²) in [6, 6.07) is 9.00. The molecule has 1 fully saturated rings. The number of anilines is 1. The van der Waals surface area contributed by atoms with Crippen LogP contribution in [0.15, 0.2) is 34.7 Å². The van der Waals surface area contributed by atoms with E-state index in [-0.39, 0.29) is 18.3 Å². The van der Waals surface area contributed by atoms with E-state index in [2.05, 4.69) is 15.5 Å². The predicted molar refractivity (Wildman–Crippen MR) is 86.5 cm³/mol. The summed E-state index contributed by atoms with van der Waals surface area (Å²) in [4.78, 5) is 23.7. The van der Waals surface area contributed by atoms with Crippen molar-refractivity contribution in [3.8, 4) is 11.5 Å². The lowest BCUT2D eigenvalue weighted by Gasteiger charge is -2.10. The summed E-state index contributed by atoms with van der Waals surface area (Å²) < 4.78 is 9.10. The van der Waals surface area contributed by atoms with E-state index >= 15 is 0 Å². The minimum absolute atomic E-state index is 0.0865. The molecule has 0 bridgehead atoms. The number of rotatable bonds is 5. The first-order valence-electron chi connectivity index (χ1n) is 7.06. The number of aromatic nitrogens is 2. The molecule has 0 radical (unpaired) electrons. The number of nitrogens with one attached hydrogen (secondary N) is 1. The Hall–Kier alpha value is -2.12. The lowest BCUT2D eigenvalue weighted by atomic mass is 10.1. The molecule has 1 atom stereocenters. The number of benzene rings is 1. The smallest absolute Gasteiger partial charge is 0.322 e. The number of hydrogen-bond acceptors (Lipinski definition) is 6. The van der Waals surface area contributed by atoms with Gasteiger partial charge in [-0.2, -0.15) is 0 Å². The van der Waals surface area contributed by atoms with Crippen LogP contribution in [-0.2, 0) is 14.3 Å². The molecule has 2 aromatic rings. The van der Waals surface area contributed by atoms with Gasteiger partial charge in [0.2, 0.25) is 5.89 Å². The summed E-state index contributed by atoms with van der Waals surface area (Å²) in [6.07, 6.45) is 0.285. The molecule has 3 rings (SSSR count). The standard InChI is InChI=1S/C15H13Cl2N3O4/c1-14(8-15(14,16)17)12(22)23-7-10(21)18-13-20-19-11(24-13)9-5-3-2-4-6-9/h2-6H,7-8H2,1H3,(H,18,20,21)/t14-/m1/s1. The Morgan fingerprint density at radius 2 is 1.96 bits per heavy atom. The molecule has 7 nitrogen and oxygen atoms in total. The molecule has 1 aromatic heterocycles. The molecule has 24 heavy (non-hydrogen) atoms. The van der Waals surface area contributed by atoms with Crippen molar-refractivity contribution in [3.05, 3.63) is 30.3 Å². The van der Waals surface area contributed by atoms with E-state index < -0.39 is 28.2 Å². The minimum Gasteiger partial charge on any atom is -0.455 e. The van der Waals surface area contributed by atoms with Crippen LogP contribution in [-0.4, -0.2) is 33.0 Å². The summed E-state index contributed by atoms with van der Waals surface area (Å²) >= 11 is 11.8. The zero-order valence-electron chi connectivity index (χ0n) is 12.6. The molecular weight excluding hydrogens is 357 g/mol. The van der Waals surface area contributed by atoms with Crippen LogP contribution in [0, 0.1) is 5.41 Å². The molecule has 0 unspecified atom stereocenters. The highest BCUT2D eigenvalue weighted by atomic mass is 35.5. The number of carbonyl (C=O) groups is 2. The minimum atomic E-state index is -1.14. The van der Waals surface area contributed by atoms with Gasteiger partial charge in [0.1, 0.15) is 9.75 Å². The van der Waals surface area contributed by atoms with Gasteiger partial charge in [-0.15, -0.1) is 28.3 Å². The summed E-state index contributed by atoms with van der Waals surface area (Å²) in [6.45, 7) is 1.08. The van der Waals surface area contributed by atoms with E-state index in [1.807, 2.05) is 18.2 Å². The fourth-order valence-electron chi connectivity index (χ4n) is 2.04. The first-order chi connectivity index (χ1) is 11.3. The molecule has 1 aromatic carbocycles. The quantitative estimate of drug-likeness (QED) is 0.643. The zero-order valence-corrected chi connectivity index (χ0v) is 14.1. The predicted octanol–water partition coefficient (Wildman–Crippen LogP) is 2.80. The van der Waals surface area contributed by atoms with Crippen LogP contribution in [0.5, 0.6) is 0 Å². The Balaban J connectivity index is 1.53. The third kappa shape index (κ3) is 3.22. The molecule has 0 saturated heterocycles. The number of nitrogens with zero attached hydrogens (tertiary/aromatic N) is 2. The highest BCUT2D eigenvalue weighted by Crippen LogP contribution is 2.64. The van der Waals surface area contributed by atoms with E-state index in [1.165, 1.54) is 0 Å². The largest absolute Gasteiger partial charge is 0.455 e. The number of carbonyl (C=O) groups excluding carboxylic acids is 2. The van der Waals surface area contributed by atoms with Gasteiger partial charge in [0.25, 0.3) is 5.91 Å². The van der Waals surface area contributed by atoms with Gasteiger partial charge in [0.15, 0.2) is 6.61 Å². The van der Waals surface area contributed by atoms with Crippen molar-refractivity contribution >= 4 is 41.1 Å². The van der Waals surface area contributed by atoms with Crippen molar-refractivity contribution in [1.29, 1.82) is 0 Å². The number of amides is 1. The molecule has 1 saturated carbocycles. The number of halogens is 2. The van der Waals surface area contributed by atoms with Gasteiger partial charge < -0.3 is 9.15 Å². The van der Waals surface area contributed by atoms with E-state index in [0.29, 0.717) is 0 Å². The first-order valence-corrected chi connectivity index (χ1v) is 7.81. The third-order valence-electron chi connectivity index (χ3n) is 3.73. The summed E-state index contributed by atoms with van der Waals surface area (Å²) in [5.74, 6) is -0.966. The van der Waals surface area contributed by atoms with Crippen molar-refractivity contribution in [2.45, 2.75) is 17.7 Å². The maximum Gasteiger partial charge on any atom is 0.322 e. The van der Waals surface area contributed by atoms with Gasteiger partial charge in [0.05, 0.1) is 0 Å². The first kappa shape index (κ1) is 16.7. The molecule has 1 N–H and O–H groups in total. The maximum absolute atomic E-state index is 11.9. The second kappa shape index (κ2) is 6.07. The van der Waals surface area contributed by atoms with Crippen LogP contribution in [0.2, 0.25) is 0 Å². The van der Waals surface area contributed by atoms with Crippen LogP contribution in [0.3, 0.4) is 0 Å². The fraction of sp³-hybridized carbons (Fsp3) is 0.333. The molecule has 9 heteroatoms. The Bertz CT molecular complexity index is 778. The molecule has 0 spiro atoms. The van der Waals surface area contributed by atoms with Gasteiger partial charge in [0, 0.05) is 12.0 Å². The monoisotopic (exact) mass is 369 g/mol. The second-order valence-electron chi connectivity index (χ2n) is 5.62. The summed E-state index contributed by atoms with van der Waals surface area (Å²) in [5.41, 5.74) is -0.263. The lowest BCUT2D eigenvalue weighted by Crippen LogP contribution is -2.26. The molecule has 1 aliphatic rings. The Morgan fingerprint density at radius 3 is 2.58 bits per heavy atom. The Labute approximate surface area is 147 Å². The van der Waals surface area contributed by atoms with Crippen molar-refractivity contribution in [3.63, 3.8) is 0 Å². The van der Waals surface area contributed by atoms with Crippen LogP contribution in [0.4, 0.5) is 6.01 Å². The van der Waals surface area contributed by atoms with Gasteiger partial charge >= 0.3 is 12.0 Å². The maximum atomic E-state index is 11.9. The van der Waals surface area contributed by atoms with Crippen LogP contribution in [0.25, 0.3) is 11.5 Å². The number of alkyl halides is 2. The fourth-order valence-corrected chi connectivity index (χ4v) is 2.73. The van der Waals surface area contributed by atoms with Gasteiger partial charge in [-0.1, -0.05) is 23.3 Å². The van der Waals surface area contributed by atoms with E-state index in [0.717, 1.165) is 5.56 Å². The van der Waals surface area contributed by atoms with Crippen molar-refractivity contribution in [2.24, 2.45) is 5.41 Å². The number of ether oxygens (including phenoxy) is 1. The van der Waals surface area contributed by atoms with Crippen molar-refractivity contribution in [1.82, 2.24) is 10.2 Å². The van der Waals surface area contributed by atoms with Crippen molar-refractivity contribution in [2.75, 3.05) is 11.9 Å². The van der Waals surface area contributed by atoms with Crippen LogP contribution < -0.4 is 5.32 Å². The van der Waals surface area contributed by atoms with Gasteiger partial charge in [-0.3, -0.25) is 14.9 Å². The Kier molecular flexibility index (Phi) is 4.23. The second-order valence-corrected chi connectivity index (χ2v) is 7.10. The molecule has 1 heterocycles. The van der Waals surface area contributed by atoms with Crippen LogP contribution >= 0.6 is 23.2 Å². The zero-order chi connectivity index (χ0) is 17.4. The average Bonchev–Trinajstić information content (AvgIpc) is 2.89. The molecule has 1 amide bonds. The average molecular weight is 370 g/mol. The highest BCUT2D eigenvalue weighted by molar-refractivity contribution is 6.53. The summed E-state index contributed by atoms with van der Waals surface area (Å²) in [7, 11) is 0. The highest BCUT2D eigenvalue weighted by Gasteiger charge is 2.69. The number of esters is 1. The lowest BCUT2D eigenvalue weighted by molar-refractivity contribution is -0.152. The molecule has 0 aliphatic heterocycles. The van der Waals surface area contributed by atoms with Gasteiger partial charge in [-0.25, -0.2) is 0 Å². The van der Waals surface area contributed by atoms with E-state index in [9.17, 15) is 9.59 Å². The van der Waals surface area contributed by atoms with Gasteiger partial charge in [-0.05, 0) is 19.1 Å². The normalized spacial score (nSPS) is 21.1. The molecule has 126 valence electrons. The van der Waals surface area contributed by atoms with Crippen molar-refractivity contribution < 1.29 is 18.7 Å². The van der Waals surface area contributed by atoms with E-state index in [4.69, 9.17) is 32.4 Å². The third-order valence-corrected chi connectivity index (χ3v) is 4.84. The molecule has 1 aliphatic carbocycles. The van der Waals surface area contributed by atoms with E-state index in [1.54, 1.807) is 19.1 Å². The SMILES string of the molecule is C[C@]1(C(=O)OCC(=O)Nc2nnc(-c3ccccc3)o2)CC1(Cl)Cl. The van der Waals surface area contributed by atoms with Crippen LogP contribution in [0.1, 0.15) is 13.3 Å².